The Kier molecular flexibility index (Phi) is 3.92. The van der Waals surface area contributed by atoms with Crippen LogP contribution in [0.3, 0.4) is 0 Å². The molecule has 8 nitrogen and oxygen atoms in total. The number of hydrogen-bond acceptors (Lipinski definition) is 5. The van der Waals surface area contributed by atoms with Crippen molar-refractivity contribution in [3.8, 4) is 28.3 Å². The van der Waals surface area contributed by atoms with Crippen molar-refractivity contribution >= 4 is 22.6 Å². The molecule has 1 fully saturated rings. The molecule has 0 bridgehead atoms. The molecule has 0 saturated heterocycles. The van der Waals surface area contributed by atoms with Gasteiger partial charge in [-0.1, -0.05) is 43.0 Å². The maximum atomic E-state index is 13.5. The lowest BCUT2D eigenvalue weighted by Crippen LogP contribution is -2.19. The fourth-order valence-electron chi connectivity index (χ4n) is 3.86. The Morgan fingerprint density at radius 1 is 1.12 bits per heavy atom. The van der Waals surface area contributed by atoms with Crippen molar-refractivity contribution in [2.24, 2.45) is 0 Å². The molecule has 5 aromatic rings. The van der Waals surface area contributed by atoms with Crippen molar-refractivity contribution in [2.75, 3.05) is 0 Å². The van der Waals surface area contributed by atoms with Crippen molar-refractivity contribution in [2.45, 2.75) is 25.9 Å². The molecule has 156 valence electrons. The van der Waals surface area contributed by atoms with E-state index < -0.39 is 0 Å². The Bertz CT molecular complexity index is 1600. The quantitative estimate of drug-likeness (QED) is 0.415. The van der Waals surface area contributed by atoms with E-state index in [-0.39, 0.29) is 28.9 Å². The first-order valence-corrected chi connectivity index (χ1v) is 10.3. The Balaban J connectivity index is 1.57. The number of aryl methyl sites for hydroxylation is 1. The van der Waals surface area contributed by atoms with Crippen LogP contribution in [0.1, 0.15) is 18.5 Å². The Labute approximate surface area is 181 Å². The van der Waals surface area contributed by atoms with Crippen LogP contribution in [0.2, 0.25) is 0 Å². The third-order valence-electron chi connectivity index (χ3n) is 5.53. The molecule has 32 heavy (non-hydrogen) atoms. The molecule has 2 aromatic carbocycles. The van der Waals surface area contributed by atoms with Crippen molar-refractivity contribution in [3.05, 3.63) is 76.0 Å². The molecule has 0 aliphatic heterocycles. The highest BCUT2D eigenvalue weighted by atomic mass is 16.5. The first-order valence-electron chi connectivity index (χ1n) is 10.3. The second kappa shape index (κ2) is 6.82. The van der Waals surface area contributed by atoms with Crippen LogP contribution in [0, 0.1) is 13.5 Å². The molecular formula is C24H17N5O3. The van der Waals surface area contributed by atoms with E-state index in [4.69, 9.17) is 15.7 Å². The summed E-state index contributed by atoms with van der Waals surface area (Å²) >= 11 is 0. The number of oxazole rings is 1. The summed E-state index contributed by atoms with van der Waals surface area (Å²) in [5.41, 5.74) is 3.24. The number of nitrogens with zero attached hydrogens (tertiary/aromatic N) is 4. The highest BCUT2D eigenvalue weighted by molar-refractivity contribution is 5.88. The van der Waals surface area contributed by atoms with Crippen LogP contribution in [0.4, 0.5) is 5.82 Å². The molecule has 3 aromatic heterocycles. The van der Waals surface area contributed by atoms with Crippen LogP contribution < -0.4 is 10.3 Å². The maximum Gasteiger partial charge on any atom is 0.301 e. The normalized spacial score (nSPS) is 13.5. The molecule has 8 heteroatoms. The molecule has 3 heterocycles. The van der Waals surface area contributed by atoms with Gasteiger partial charge in [-0.3, -0.25) is 4.79 Å². The first kappa shape index (κ1) is 18.4. The van der Waals surface area contributed by atoms with Gasteiger partial charge < -0.3 is 14.0 Å². The lowest BCUT2D eigenvalue weighted by Gasteiger charge is -2.03. The summed E-state index contributed by atoms with van der Waals surface area (Å²) in [6.07, 6.45) is 2.28. The van der Waals surface area contributed by atoms with Gasteiger partial charge in [0.2, 0.25) is 5.89 Å². The predicted octanol–water partition coefficient (Wildman–Crippen LogP) is 4.90. The lowest BCUT2D eigenvalue weighted by molar-refractivity contribution is 0.306. The van der Waals surface area contributed by atoms with E-state index in [1.165, 1.54) is 4.52 Å². The number of aromatic nitrogens is 4. The summed E-state index contributed by atoms with van der Waals surface area (Å²) in [6.45, 7) is 9.31. The van der Waals surface area contributed by atoms with Crippen LogP contribution in [-0.4, -0.2) is 25.7 Å². The minimum Gasteiger partial charge on any atom is -0.488 e. The second-order valence-electron chi connectivity index (χ2n) is 7.79. The van der Waals surface area contributed by atoms with E-state index in [1.54, 1.807) is 13.0 Å². The van der Waals surface area contributed by atoms with E-state index in [2.05, 4.69) is 19.9 Å². The van der Waals surface area contributed by atoms with Crippen LogP contribution >= 0.6 is 0 Å². The van der Waals surface area contributed by atoms with Gasteiger partial charge in [-0.2, -0.15) is 0 Å². The average molecular weight is 423 g/mol. The van der Waals surface area contributed by atoms with Crippen LogP contribution in [0.25, 0.3) is 44.2 Å². The largest absolute Gasteiger partial charge is 0.488 e. The predicted molar refractivity (Wildman–Crippen MR) is 119 cm³/mol. The van der Waals surface area contributed by atoms with Gasteiger partial charge >= 0.3 is 5.56 Å². The number of nitrogens with one attached hydrogen (secondary N) is 1. The fourth-order valence-corrected chi connectivity index (χ4v) is 3.86. The summed E-state index contributed by atoms with van der Waals surface area (Å²) in [4.78, 5) is 26.3. The number of H-pyrrole nitrogens is 1. The molecule has 0 unspecified atom stereocenters. The molecule has 1 aliphatic rings. The molecule has 6 rings (SSSR count). The van der Waals surface area contributed by atoms with E-state index in [0.717, 1.165) is 18.4 Å². The molecular weight excluding hydrogens is 406 g/mol. The number of aromatic amines is 1. The number of para-hydroxylation sites is 1. The van der Waals surface area contributed by atoms with Crippen LogP contribution in [-0.2, 0) is 0 Å². The Morgan fingerprint density at radius 3 is 2.69 bits per heavy atom. The third kappa shape index (κ3) is 2.79. The van der Waals surface area contributed by atoms with E-state index in [1.807, 2.05) is 42.5 Å². The number of ether oxygens (including phenoxy) is 1. The van der Waals surface area contributed by atoms with Crippen molar-refractivity contribution in [1.29, 1.82) is 0 Å². The van der Waals surface area contributed by atoms with Crippen LogP contribution in [0.15, 0.2) is 57.7 Å². The number of rotatable bonds is 4. The zero-order valence-electron chi connectivity index (χ0n) is 17.1. The van der Waals surface area contributed by atoms with Gasteiger partial charge in [-0.25, -0.2) is 15.1 Å². The summed E-state index contributed by atoms with van der Waals surface area (Å²) in [5, 5.41) is 2.89. The molecule has 1 N–H and O–H groups in total. The monoisotopic (exact) mass is 423 g/mol. The molecule has 0 amide bonds. The Hall–Kier alpha value is -4.38. The van der Waals surface area contributed by atoms with Crippen LogP contribution in [0.5, 0.6) is 5.75 Å². The van der Waals surface area contributed by atoms with E-state index >= 15 is 0 Å². The molecule has 0 spiro atoms. The van der Waals surface area contributed by atoms with Crippen molar-refractivity contribution in [3.63, 3.8) is 0 Å². The summed E-state index contributed by atoms with van der Waals surface area (Å²) in [7, 11) is 0. The summed E-state index contributed by atoms with van der Waals surface area (Å²) in [6, 6.07) is 14.9. The average Bonchev–Trinajstić information content (AvgIpc) is 3.38. The number of hydrogen-bond donors (Lipinski definition) is 1. The minimum atomic E-state index is -0.379. The second-order valence-corrected chi connectivity index (χ2v) is 7.79. The molecule has 1 aliphatic carbocycles. The maximum absolute atomic E-state index is 13.5. The SMILES string of the molecule is [C-]#[N+]c1[nH]n2c(=O)c(-c3nc4c(OC5CC5)cccc4o3)c(C)nc2c1-c1ccccc1. The Morgan fingerprint density at radius 2 is 1.94 bits per heavy atom. The zero-order valence-corrected chi connectivity index (χ0v) is 17.1. The van der Waals surface area contributed by atoms with Gasteiger partial charge in [0, 0.05) is 0 Å². The standard InChI is InChI=1S/C24H17N5O3/c1-13-18(23-27-20-16(31-15-11-12-15)9-6-10-17(20)32-23)24(30)29-22(26-13)19(21(25-2)28-29)14-7-4-3-5-8-14/h3-10,15,28H,11-12H2,1H3. The third-order valence-corrected chi connectivity index (χ3v) is 5.53. The fraction of sp³-hybridized carbons (Fsp3) is 0.167. The highest BCUT2D eigenvalue weighted by Crippen LogP contribution is 2.36. The number of fused-ring (bicyclic) bond motifs is 2. The molecule has 0 radical (unpaired) electrons. The zero-order chi connectivity index (χ0) is 21.8. The summed E-state index contributed by atoms with van der Waals surface area (Å²) in [5.74, 6) is 1.07. The van der Waals surface area contributed by atoms with Crippen molar-refractivity contribution < 1.29 is 9.15 Å². The van der Waals surface area contributed by atoms with Gasteiger partial charge in [0.15, 0.2) is 16.7 Å². The van der Waals surface area contributed by atoms with Crippen molar-refractivity contribution in [1.82, 2.24) is 19.6 Å². The van der Waals surface area contributed by atoms with E-state index in [0.29, 0.717) is 33.8 Å². The van der Waals surface area contributed by atoms with Gasteiger partial charge in [0.1, 0.15) is 11.3 Å². The van der Waals surface area contributed by atoms with Gasteiger partial charge in [0.25, 0.3) is 5.82 Å². The minimum absolute atomic E-state index is 0.177. The smallest absolute Gasteiger partial charge is 0.301 e. The van der Waals surface area contributed by atoms with Gasteiger partial charge in [0.05, 0.1) is 17.4 Å². The number of benzene rings is 2. The topological polar surface area (TPSA) is 89.8 Å². The highest BCUT2D eigenvalue weighted by Gasteiger charge is 2.27. The molecule has 0 atom stereocenters. The lowest BCUT2D eigenvalue weighted by atomic mass is 10.1. The van der Waals surface area contributed by atoms with E-state index in [9.17, 15) is 4.79 Å². The molecule has 1 saturated carbocycles. The summed E-state index contributed by atoms with van der Waals surface area (Å²) < 4.78 is 13.2. The van der Waals surface area contributed by atoms with Gasteiger partial charge in [-0.15, -0.1) is 4.52 Å². The first-order chi connectivity index (χ1) is 15.6. The van der Waals surface area contributed by atoms with Gasteiger partial charge in [-0.05, 0) is 37.5 Å².